The molecule has 1 aliphatic heterocycles. The number of likely N-dealkylation sites (N-methyl/N-ethyl adjacent to an activating group) is 1. The van der Waals surface area contributed by atoms with E-state index in [0.717, 1.165) is 21.9 Å². The van der Waals surface area contributed by atoms with Crippen LogP contribution in [0.25, 0.3) is 0 Å². The Morgan fingerprint density at radius 3 is 2.75 bits per heavy atom. The van der Waals surface area contributed by atoms with Gasteiger partial charge in [0.1, 0.15) is 16.9 Å². The van der Waals surface area contributed by atoms with Gasteiger partial charge in [-0.25, -0.2) is 0 Å². The predicted octanol–water partition coefficient (Wildman–Crippen LogP) is 3.50. The third-order valence-corrected chi connectivity index (χ3v) is 6.78. The van der Waals surface area contributed by atoms with E-state index in [4.69, 9.17) is 9.47 Å². The van der Waals surface area contributed by atoms with Crippen molar-refractivity contribution in [2.45, 2.75) is 12.3 Å². The van der Waals surface area contributed by atoms with E-state index in [2.05, 4.69) is 0 Å². The lowest BCUT2D eigenvalue weighted by Crippen LogP contribution is -2.39. The van der Waals surface area contributed by atoms with Gasteiger partial charge >= 0.3 is 0 Å². The molecule has 0 spiro atoms. The molecule has 1 unspecified atom stereocenters. The van der Waals surface area contributed by atoms with Gasteiger partial charge in [0, 0.05) is 25.2 Å². The highest BCUT2D eigenvalue weighted by molar-refractivity contribution is 8.00. The highest BCUT2D eigenvalue weighted by Gasteiger charge is 2.35. The highest BCUT2D eigenvalue weighted by Crippen LogP contribution is 2.43. The van der Waals surface area contributed by atoms with E-state index < -0.39 is 0 Å². The molecule has 8 heteroatoms. The van der Waals surface area contributed by atoms with Crippen molar-refractivity contribution in [1.29, 1.82) is 0 Å². The molecule has 0 N–H and O–H groups in total. The fourth-order valence-corrected chi connectivity index (χ4v) is 5.10. The summed E-state index contributed by atoms with van der Waals surface area (Å²) < 4.78 is 10.8. The summed E-state index contributed by atoms with van der Waals surface area (Å²) in [7, 11) is 3.24. The summed E-state index contributed by atoms with van der Waals surface area (Å²) in [4.78, 5) is 29.5. The minimum absolute atomic E-state index is 0.00677. The van der Waals surface area contributed by atoms with Crippen LogP contribution in [0.3, 0.4) is 0 Å². The van der Waals surface area contributed by atoms with Crippen molar-refractivity contribution in [3.63, 3.8) is 0 Å². The maximum atomic E-state index is 12.6. The molecule has 0 bridgehead atoms. The number of benzene rings is 1. The fraction of sp³-hybridized carbons (Fsp3) is 0.400. The second-order valence-corrected chi connectivity index (χ2v) is 8.24. The van der Waals surface area contributed by atoms with Crippen LogP contribution >= 0.6 is 23.1 Å². The van der Waals surface area contributed by atoms with Gasteiger partial charge in [0.2, 0.25) is 5.91 Å². The van der Waals surface area contributed by atoms with Crippen LogP contribution in [0.5, 0.6) is 11.5 Å². The van der Waals surface area contributed by atoms with Gasteiger partial charge in [-0.15, -0.1) is 23.1 Å². The standard InChI is InChI=1S/C20H24N2O4S2/c1-4-21(19(24)17-6-5-11-27-17)9-10-22-18(23)13-28-20(22)15-12-14(25-2)7-8-16(15)26-3/h5-8,11-12,20H,4,9-10,13H2,1-3H3. The van der Waals surface area contributed by atoms with Crippen molar-refractivity contribution in [2.75, 3.05) is 39.6 Å². The first-order chi connectivity index (χ1) is 13.6. The monoisotopic (exact) mass is 420 g/mol. The Kier molecular flexibility index (Phi) is 6.85. The smallest absolute Gasteiger partial charge is 0.263 e. The van der Waals surface area contributed by atoms with Gasteiger partial charge in [-0.3, -0.25) is 9.59 Å². The highest BCUT2D eigenvalue weighted by atomic mass is 32.2. The Morgan fingerprint density at radius 1 is 1.29 bits per heavy atom. The zero-order valence-electron chi connectivity index (χ0n) is 16.2. The largest absolute Gasteiger partial charge is 0.497 e. The van der Waals surface area contributed by atoms with E-state index in [9.17, 15) is 9.59 Å². The summed E-state index contributed by atoms with van der Waals surface area (Å²) in [6.07, 6.45) is 0. The van der Waals surface area contributed by atoms with Crippen LogP contribution in [0.4, 0.5) is 0 Å². The molecule has 1 saturated heterocycles. The number of hydrogen-bond acceptors (Lipinski definition) is 6. The molecule has 150 valence electrons. The Bertz CT molecular complexity index is 826. The van der Waals surface area contributed by atoms with Gasteiger partial charge in [-0.05, 0) is 36.6 Å². The van der Waals surface area contributed by atoms with Gasteiger partial charge in [0.05, 0.1) is 24.8 Å². The summed E-state index contributed by atoms with van der Waals surface area (Å²) in [5.41, 5.74) is 0.908. The van der Waals surface area contributed by atoms with Gasteiger partial charge < -0.3 is 19.3 Å². The third kappa shape index (κ3) is 4.28. The molecular formula is C20H24N2O4S2. The number of methoxy groups -OCH3 is 2. The van der Waals surface area contributed by atoms with Crippen molar-refractivity contribution in [2.24, 2.45) is 0 Å². The van der Waals surface area contributed by atoms with E-state index in [0.29, 0.717) is 25.4 Å². The Hall–Kier alpha value is -2.19. The number of thioether (sulfide) groups is 1. The third-order valence-electron chi connectivity index (χ3n) is 4.68. The molecule has 0 radical (unpaired) electrons. The average Bonchev–Trinajstić information content (AvgIpc) is 3.38. The van der Waals surface area contributed by atoms with E-state index in [1.165, 1.54) is 11.3 Å². The molecule has 1 fully saturated rings. The van der Waals surface area contributed by atoms with Crippen molar-refractivity contribution < 1.29 is 19.1 Å². The summed E-state index contributed by atoms with van der Waals surface area (Å²) in [6.45, 7) is 3.51. The number of nitrogens with zero attached hydrogens (tertiary/aromatic N) is 2. The Labute approximate surface area is 173 Å². The molecule has 28 heavy (non-hydrogen) atoms. The summed E-state index contributed by atoms with van der Waals surface area (Å²) in [5, 5.41) is 1.74. The molecule has 3 rings (SSSR count). The average molecular weight is 421 g/mol. The molecule has 1 atom stereocenters. The second kappa shape index (κ2) is 9.34. The molecule has 2 aromatic rings. The summed E-state index contributed by atoms with van der Waals surface area (Å²) in [5.74, 6) is 1.93. The van der Waals surface area contributed by atoms with Gasteiger partial charge in [-0.1, -0.05) is 6.07 Å². The van der Waals surface area contributed by atoms with Crippen LogP contribution in [0.1, 0.15) is 27.5 Å². The second-order valence-electron chi connectivity index (χ2n) is 6.22. The molecular weight excluding hydrogens is 396 g/mol. The van der Waals surface area contributed by atoms with Crippen LogP contribution in [0.15, 0.2) is 35.7 Å². The SMILES string of the molecule is CCN(CCN1C(=O)CSC1c1cc(OC)ccc1OC)C(=O)c1cccs1. The molecule has 1 aromatic heterocycles. The lowest BCUT2D eigenvalue weighted by molar-refractivity contribution is -0.128. The predicted molar refractivity (Wildman–Crippen MR) is 112 cm³/mol. The van der Waals surface area contributed by atoms with Gasteiger partial charge in [-0.2, -0.15) is 0 Å². The number of rotatable bonds is 8. The normalized spacial score (nSPS) is 16.3. The number of carbonyl (C=O) groups excluding carboxylic acids is 2. The number of hydrogen-bond donors (Lipinski definition) is 0. The molecule has 2 heterocycles. The lowest BCUT2D eigenvalue weighted by atomic mass is 10.1. The van der Waals surface area contributed by atoms with Crippen molar-refractivity contribution in [1.82, 2.24) is 9.80 Å². The van der Waals surface area contributed by atoms with Crippen LogP contribution in [-0.4, -0.2) is 61.2 Å². The van der Waals surface area contributed by atoms with Crippen LogP contribution in [-0.2, 0) is 4.79 Å². The molecule has 6 nitrogen and oxygen atoms in total. The van der Waals surface area contributed by atoms with Gasteiger partial charge in [0.15, 0.2) is 0 Å². The van der Waals surface area contributed by atoms with E-state index in [1.807, 2.05) is 47.5 Å². The summed E-state index contributed by atoms with van der Waals surface area (Å²) >= 11 is 3.00. The Balaban J connectivity index is 1.77. The van der Waals surface area contributed by atoms with Crippen molar-refractivity contribution >= 4 is 34.9 Å². The van der Waals surface area contributed by atoms with Gasteiger partial charge in [0.25, 0.3) is 5.91 Å². The minimum atomic E-state index is -0.159. The number of thiophene rings is 1. The van der Waals surface area contributed by atoms with E-state index >= 15 is 0 Å². The lowest BCUT2D eigenvalue weighted by Gasteiger charge is -2.29. The van der Waals surface area contributed by atoms with E-state index in [-0.39, 0.29) is 17.2 Å². The van der Waals surface area contributed by atoms with Crippen LogP contribution in [0.2, 0.25) is 0 Å². The number of ether oxygens (including phenoxy) is 2. The maximum absolute atomic E-state index is 12.6. The molecule has 0 saturated carbocycles. The zero-order valence-corrected chi connectivity index (χ0v) is 17.8. The van der Waals surface area contributed by atoms with Crippen LogP contribution < -0.4 is 9.47 Å². The number of carbonyl (C=O) groups is 2. The topological polar surface area (TPSA) is 59.1 Å². The molecule has 2 amide bonds. The zero-order chi connectivity index (χ0) is 20.1. The first kappa shape index (κ1) is 20.5. The quantitative estimate of drug-likeness (QED) is 0.654. The fourth-order valence-electron chi connectivity index (χ4n) is 3.17. The van der Waals surface area contributed by atoms with Crippen molar-refractivity contribution in [3.8, 4) is 11.5 Å². The first-order valence-electron chi connectivity index (χ1n) is 9.04. The van der Waals surface area contributed by atoms with Crippen molar-refractivity contribution in [3.05, 3.63) is 46.2 Å². The molecule has 1 aliphatic rings. The minimum Gasteiger partial charge on any atom is -0.497 e. The first-order valence-corrected chi connectivity index (χ1v) is 11.0. The van der Waals surface area contributed by atoms with Crippen LogP contribution in [0, 0.1) is 0 Å². The molecule has 1 aromatic carbocycles. The summed E-state index contributed by atoms with van der Waals surface area (Å²) in [6, 6.07) is 9.31. The maximum Gasteiger partial charge on any atom is 0.263 e. The number of amides is 2. The Morgan fingerprint density at radius 2 is 2.11 bits per heavy atom. The molecule has 0 aliphatic carbocycles. The van der Waals surface area contributed by atoms with E-state index in [1.54, 1.807) is 30.9 Å².